The van der Waals surface area contributed by atoms with E-state index in [1.807, 2.05) is 22.1 Å². The number of amides is 1. The van der Waals surface area contributed by atoms with Crippen LogP contribution in [-0.2, 0) is 5.75 Å². The first-order valence-corrected chi connectivity index (χ1v) is 13.3. The van der Waals surface area contributed by atoms with Gasteiger partial charge in [-0.15, -0.1) is 21.5 Å². The van der Waals surface area contributed by atoms with Crippen molar-refractivity contribution in [3.05, 3.63) is 70.4 Å². The number of carbonyl (C=O) groups is 1. The summed E-state index contributed by atoms with van der Waals surface area (Å²) >= 11 is 3.07. The molecule has 174 valence electrons. The number of hydrogen-bond donors (Lipinski definition) is 1. The lowest BCUT2D eigenvalue weighted by Gasteiger charge is -2.22. The van der Waals surface area contributed by atoms with E-state index in [0.29, 0.717) is 11.4 Å². The van der Waals surface area contributed by atoms with Gasteiger partial charge in [-0.3, -0.25) is 14.3 Å². The molecule has 3 heterocycles. The summed E-state index contributed by atoms with van der Waals surface area (Å²) in [7, 11) is 0. The summed E-state index contributed by atoms with van der Waals surface area (Å²) in [5.41, 5.74) is 3.58. The molecule has 34 heavy (non-hydrogen) atoms. The SMILES string of the molecule is Cc1ccc(-n2c(SCc3nc(C(=O)NC4CCCCC4)cs3)nnc2-c2cccnc2)cc1. The fourth-order valence-corrected chi connectivity index (χ4v) is 5.83. The van der Waals surface area contributed by atoms with Gasteiger partial charge in [0.15, 0.2) is 11.0 Å². The fourth-order valence-electron chi connectivity index (χ4n) is 4.09. The van der Waals surface area contributed by atoms with Crippen molar-refractivity contribution >= 4 is 29.0 Å². The molecule has 0 saturated heterocycles. The summed E-state index contributed by atoms with van der Waals surface area (Å²) in [4.78, 5) is 21.4. The van der Waals surface area contributed by atoms with Crippen molar-refractivity contribution in [1.82, 2.24) is 30.0 Å². The number of hydrogen-bond acceptors (Lipinski definition) is 7. The third kappa shape index (κ3) is 5.20. The highest BCUT2D eigenvalue weighted by atomic mass is 32.2. The maximum absolute atomic E-state index is 12.6. The van der Waals surface area contributed by atoms with Crippen molar-refractivity contribution in [1.29, 1.82) is 0 Å². The first-order chi connectivity index (χ1) is 16.7. The Balaban J connectivity index is 1.33. The second-order valence-electron chi connectivity index (χ2n) is 8.44. The number of thiazole rings is 1. The molecule has 0 spiro atoms. The minimum Gasteiger partial charge on any atom is -0.348 e. The minimum absolute atomic E-state index is 0.0684. The molecular weight excluding hydrogens is 464 g/mol. The van der Waals surface area contributed by atoms with Gasteiger partial charge >= 0.3 is 0 Å². The quantitative estimate of drug-likeness (QED) is 0.347. The Morgan fingerprint density at radius 1 is 1.15 bits per heavy atom. The maximum Gasteiger partial charge on any atom is 0.270 e. The average molecular weight is 491 g/mol. The van der Waals surface area contributed by atoms with E-state index >= 15 is 0 Å². The lowest BCUT2D eigenvalue weighted by atomic mass is 9.95. The van der Waals surface area contributed by atoms with Gasteiger partial charge in [0.1, 0.15) is 10.7 Å². The van der Waals surface area contributed by atoms with Crippen LogP contribution in [0.3, 0.4) is 0 Å². The van der Waals surface area contributed by atoms with Crippen molar-refractivity contribution in [2.75, 3.05) is 0 Å². The number of carbonyl (C=O) groups excluding carboxylic acids is 1. The summed E-state index contributed by atoms with van der Waals surface area (Å²) in [6, 6.07) is 12.4. The Kier molecular flexibility index (Phi) is 7.01. The second kappa shape index (κ2) is 10.5. The fraction of sp³-hybridized carbons (Fsp3) is 0.320. The van der Waals surface area contributed by atoms with Crippen LogP contribution < -0.4 is 5.32 Å². The van der Waals surface area contributed by atoms with E-state index in [2.05, 4.69) is 56.7 Å². The number of aromatic nitrogens is 5. The smallest absolute Gasteiger partial charge is 0.270 e. The highest BCUT2D eigenvalue weighted by Crippen LogP contribution is 2.30. The van der Waals surface area contributed by atoms with Gasteiger partial charge in [-0.2, -0.15) is 0 Å². The molecule has 0 unspecified atom stereocenters. The van der Waals surface area contributed by atoms with Crippen LogP contribution in [0.2, 0.25) is 0 Å². The lowest BCUT2D eigenvalue weighted by molar-refractivity contribution is 0.0923. The predicted octanol–water partition coefficient (Wildman–Crippen LogP) is 5.45. The van der Waals surface area contributed by atoms with E-state index in [4.69, 9.17) is 0 Å². The third-order valence-electron chi connectivity index (χ3n) is 5.89. The van der Waals surface area contributed by atoms with Crippen molar-refractivity contribution in [3.8, 4) is 17.1 Å². The van der Waals surface area contributed by atoms with Gasteiger partial charge in [0.2, 0.25) is 0 Å². The zero-order chi connectivity index (χ0) is 23.3. The minimum atomic E-state index is -0.0684. The number of nitrogens with zero attached hydrogens (tertiary/aromatic N) is 5. The van der Waals surface area contributed by atoms with Gasteiger partial charge in [-0.1, -0.05) is 48.7 Å². The molecule has 1 amide bonds. The number of nitrogens with one attached hydrogen (secondary N) is 1. The Morgan fingerprint density at radius 2 is 1.97 bits per heavy atom. The largest absolute Gasteiger partial charge is 0.348 e. The topological polar surface area (TPSA) is 85.6 Å². The number of pyridine rings is 1. The van der Waals surface area contributed by atoms with E-state index in [1.54, 1.807) is 24.2 Å². The normalized spacial score (nSPS) is 14.3. The molecular formula is C25H26N6OS2. The molecule has 1 aliphatic rings. The molecule has 1 saturated carbocycles. The standard InChI is InChI=1S/C25H26N6OS2/c1-17-9-11-20(12-10-17)31-23(18-6-5-13-26-14-18)29-30-25(31)34-16-22-28-21(15-33-22)24(32)27-19-7-3-2-4-8-19/h5-6,9-15,19H,2-4,7-8,16H2,1H3,(H,27,32). The summed E-state index contributed by atoms with van der Waals surface area (Å²) in [6.07, 6.45) is 9.30. The second-order valence-corrected chi connectivity index (χ2v) is 10.3. The van der Waals surface area contributed by atoms with Crippen molar-refractivity contribution in [2.45, 2.75) is 56.0 Å². The molecule has 0 aliphatic heterocycles. The van der Waals surface area contributed by atoms with E-state index in [0.717, 1.165) is 40.1 Å². The summed E-state index contributed by atoms with van der Waals surface area (Å²) < 4.78 is 2.05. The highest BCUT2D eigenvalue weighted by Gasteiger charge is 2.20. The molecule has 1 N–H and O–H groups in total. The molecule has 4 aromatic rings. The van der Waals surface area contributed by atoms with E-state index in [-0.39, 0.29) is 11.9 Å². The van der Waals surface area contributed by atoms with Crippen LogP contribution in [0.5, 0.6) is 0 Å². The lowest BCUT2D eigenvalue weighted by Crippen LogP contribution is -2.36. The Hall–Kier alpha value is -3.04. The molecule has 0 bridgehead atoms. The monoisotopic (exact) mass is 490 g/mol. The third-order valence-corrected chi connectivity index (χ3v) is 7.87. The van der Waals surface area contributed by atoms with Gasteiger partial charge in [0.25, 0.3) is 5.91 Å². The Bertz CT molecular complexity index is 1250. The van der Waals surface area contributed by atoms with Gasteiger partial charge in [-0.25, -0.2) is 4.98 Å². The van der Waals surface area contributed by atoms with Crippen molar-refractivity contribution < 1.29 is 4.79 Å². The molecule has 1 fully saturated rings. The van der Waals surface area contributed by atoms with Crippen LogP contribution in [0.1, 0.15) is 53.2 Å². The number of rotatable bonds is 7. The van der Waals surface area contributed by atoms with Crippen LogP contribution >= 0.6 is 23.1 Å². The molecule has 5 rings (SSSR count). The summed E-state index contributed by atoms with van der Waals surface area (Å²) in [5.74, 6) is 1.28. The van der Waals surface area contributed by atoms with Gasteiger partial charge in [-0.05, 0) is 44.0 Å². The van der Waals surface area contributed by atoms with Gasteiger partial charge in [0, 0.05) is 35.1 Å². The number of thioether (sulfide) groups is 1. The first kappa shape index (κ1) is 22.7. The van der Waals surface area contributed by atoms with Crippen LogP contribution in [0.15, 0.2) is 59.3 Å². The number of benzene rings is 1. The Labute approximate surface area is 207 Å². The summed E-state index contributed by atoms with van der Waals surface area (Å²) in [6.45, 7) is 2.07. The first-order valence-electron chi connectivity index (χ1n) is 11.5. The van der Waals surface area contributed by atoms with Crippen LogP contribution in [0, 0.1) is 6.92 Å². The van der Waals surface area contributed by atoms with Crippen LogP contribution in [-0.4, -0.2) is 36.7 Å². The molecule has 3 aromatic heterocycles. The van der Waals surface area contributed by atoms with Crippen LogP contribution in [0.4, 0.5) is 0 Å². The zero-order valence-corrected chi connectivity index (χ0v) is 20.6. The van der Waals surface area contributed by atoms with E-state index < -0.39 is 0 Å². The molecule has 0 atom stereocenters. The van der Waals surface area contributed by atoms with Crippen molar-refractivity contribution in [2.24, 2.45) is 0 Å². The van der Waals surface area contributed by atoms with E-state index in [9.17, 15) is 4.79 Å². The molecule has 1 aromatic carbocycles. The molecule has 0 radical (unpaired) electrons. The predicted molar refractivity (Wildman–Crippen MR) is 135 cm³/mol. The Morgan fingerprint density at radius 3 is 2.74 bits per heavy atom. The molecule has 1 aliphatic carbocycles. The zero-order valence-electron chi connectivity index (χ0n) is 19.0. The van der Waals surface area contributed by atoms with Crippen LogP contribution in [0.25, 0.3) is 17.1 Å². The molecule has 7 nitrogen and oxygen atoms in total. The highest BCUT2D eigenvalue weighted by molar-refractivity contribution is 7.98. The number of aryl methyl sites for hydroxylation is 1. The average Bonchev–Trinajstić information content (AvgIpc) is 3.52. The van der Waals surface area contributed by atoms with Gasteiger partial charge < -0.3 is 5.32 Å². The van der Waals surface area contributed by atoms with Crippen molar-refractivity contribution in [3.63, 3.8) is 0 Å². The van der Waals surface area contributed by atoms with Gasteiger partial charge in [0.05, 0.1) is 5.75 Å². The summed E-state index contributed by atoms with van der Waals surface area (Å²) in [5, 5.41) is 15.6. The molecule has 9 heteroatoms. The maximum atomic E-state index is 12.6. The van der Waals surface area contributed by atoms with E-state index in [1.165, 1.54) is 36.2 Å².